The molecule has 1 aliphatic heterocycles. The van der Waals surface area contributed by atoms with E-state index in [1.54, 1.807) is 0 Å². The van der Waals surface area contributed by atoms with Gasteiger partial charge in [0.25, 0.3) is 0 Å². The predicted molar refractivity (Wildman–Crippen MR) is 62.1 cm³/mol. The van der Waals surface area contributed by atoms with Gasteiger partial charge in [-0.1, -0.05) is 18.2 Å². The van der Waals surface area contributed by atoms with Gasteiger partial charge in [0, 0.05) is 18.0 Å². The zero-order chi connectivity index (χ0) is 11.0. The summed E-state index contributed by atoms with van der Waals surface area (Å²) in [7, 11) is 0. The van der Waals surface area contributed by atoms with Crippen LogP contribution in [0.4, 0.5) is 0 Å². The summed E-state index contributed by atoms with van der Waals surface area (Å²) in [5.74, 6) is 0.855. The van der Waals surface area contributed by atoms with Gasteiger partial charge >= 0.3 is 0 Å². The van der Waals surface area contributed by atoms with E-state index in [0.717, 1.165) is 36.2 Å². The Morgan fingerprint density at radius 3 is 2.94 bits per heavy atom. The van der Waals surface area contributed by atoms with Crippen LogP contribution in [0.25, 0.3) is 11.0 Å². The highest BCUT2D eigenvalue weighted by Crippen LogP contribution is 2.31. The van der Waals surface area contributed by atoms with Crippen LogP contribution in [-0.2, 0) is 4.74 Å². The minimum absolute atomic E-state index is 0.0503. The normalized spacial score (nSPS) is 26.1. The molecule has 1 aromatic heterocycles. The van der Waals surface area contributed by atoms with Gasteiger partial charge in [-0.25, -0.2) is 0 Å². The molecule has 0 amide bonds. The first-order valence-corrected chi connectivity index (χ1v) is 5.70. The average Bonchev–Trinajstić information content (AvgIpc) is 2.73. The molecule has 2 heterocycles. The molecule has 3 rings (SSSR count). The van der Waals surface area contributed by atoms with Gasteiger partial charge in [0.1, 0.15) is 17.4 Å². The van der Waals surface area contributed by atoms with E-state index in [9.17, 15) is 0 Å². The van der Waals surface area contributed by atoms with Crippen molar-refractivity contribution in [2.45, 2.75) is 25.0 Å². The van der Waals surface area contributed by atoms with Crippen LogP contribution in [0.3, 0.4) is 0 Å². The highest BCUT2D eigenvalue weighted by Gasteiger charge is 2.27. The topological polar surface area (TPSA) is 48.4 Å². The first-order valence-electron chi connectivity index (χ1n) is 5.70. The van der Waals surface area contributed by atoms with Gasteiger partial charge in [-0.3, -0.25) is 0 Å². The van der Waals surface area contributed by atoms with Gasteiger partial charge in [-0.05, 0) is 25.0 Å². The van der Waals surface area contributed by atoms with E-state index in [-0.39, 0.29) is 12.1 Å². The second-order valence-electron chi connectivity index (χ2n) is 4.28. The van der Waals surface area contributed by atoms with Crippen LogP contribution in [0.1, 0.15) is 24.7 Å². The molecule has 0 spiro atoms. The van der Waals surface area contributed by atoms with E-state index in [2.05, 4.69) is 0 Å². The SMILES string of the molecule is NC1CCCOC1c1cc2ccccc2o1. The van der Waals surface area contributed by atoms with Crippen molar-refractivity contribution in [3.05, 3.63) is 36.1 Å². The smallest absolute Gasteiger partial charge is 0.135 e. The Labute approximate surface area is 94.2 Å². The summed E-state index contributed by atoms with van der Waals surface area (Å²) in [6.07, 6.45) is 1.96. The molecule has 1 saturated heterocycles. The Morgan fingerprint density at radius 2 is 2.12 bits per heavy atom. The van der Waals surface area contributed by atoms with Gasteiger partial charge in [0.2, 0.25) is 0 Å². The van der Waals surface area contributed by atoms with Crippen LogP contribution < -0.4 is 5.73 Å². The lowest BCUT2D eigenvalue weighted by Crippen LogP contribution is -2.34. The fourth-order valence-electron chi connectivity index (χ4n) is 2.24. The lowest BCUT2D eigenvalue weighted by molar-refractivity contribution is -0.0116. The summed E-state index contributed by atoms with van der Waals surface area (Å²) >= 11 is 0. The maximum atomic E-state index is 6.05. The fraction of sp³-hybridized carbons (Fsp3) is 0.385. The summed E-state index contributed by atoms with van der Waals surface area (Å²) in [5.41, 5.74) is 6.95. The quantitative estimate of drug-likeness (QED) is 0.798. The molecule has 0 saturated carbocycles. The third-order valence-electron chi connectivity index (χ3n) is 3.09. The van der Waals surface area contributed by atoms with Gasteiger partial charge in [-0.15, -0.1) is 0 Å². The summed E-state index contributed by atoms with van der Waals surface area (Å²) in [6.45, 7) is 0.773. The van der Waals surface area contributed by atoms with Crippen molar-refractivity contribution in [1.29, 1.82) is 0 Å². The Bertz CT molecular complexity index is 458. The first-order chi connectivity index (χ1) is 7.84. The van der Waals surface area contributed by atoms with E-state index in [1.165, 1.54) is 0 Å². The molecule has 2 unspecified atom stereocenters. The van der Waals surface area contributed by atoms with Crippen molar-refractivity contribution in [1.82, 2.24) is 0 Å². The Morgan fingerprint density at radius 1 is 1.25 bits per heavy atom. The second-order valence-corrected chi connectivity index (χ2v) is 4.28. The number of benzene rings is 1. The number of fused-ring (bicyclic) bond motifs is 1. The first kappa shape index (κ1) is 9.87. The molecule has 0 aliphatic carbocycles. The van der Waals surface area contributed by atoms with Crippen molar-refractivity contribution in [2.24, 2.45) is 5.73 Å². The average molecular weight is 217 g/mol. The van der Waals surface area contributed by atoms with Crippen LogP contribution >= 0.6 is 0 Å². The molecular formula is C13H15NO2. The maximum Gasteiger partial charge on any atom is 0.135 e. The van der Waals surface area contributed by atoms with Crippen LogP contribution in [0.15, 0.2) is 34.7 Å². The molecule has 1 aliphatic rings. The lowest BCUT2D eigenvalue weighted by atomic mass is 10.0. The molecule has 3 nitrogen and oxygen atoms in total. The molecule has 3 heteroatoms. The monoisotopic (exact) mass is 217 g/mol. The van der Waals surface area contributed by atoms with Crippen molar-refractivity contribution < 1.29 is 9.15 Å². The Kier molecular flexibility index (Phi) is 2.42. The van der Waals surface area contributed by atoms with Crippen LogP contribution in [-0.4, -0.2) is 12.6 Å². The van der Waals surface area contributed by atoms with E-state index in [0.29, 0.717) is 0 Å². The van der Waals surface area contributed by atoms with Gasteiger partial charge in [0.05, 0.1) is 0 Å². The number of nitrogens with two attached hydrogens (primary N) is 1. The summed E-state index contributed by atoms with van der Waals surface area (Å²) in [4.78, 5) is 0. The zero-order valence-corrected chi connectivity index (χ0v) is 9.06. The number of para-hydroxylation sites is 1. The molecule has 0 radical (unpaired) electrons. The van der Waals surface area contributed by atoms with E-state index >= 15 is 0 Å². The highest BCUT2D eigenvalue weighted by atomic mass is 16.5. The third kappa shape index (κ3) is 1.62. The predicted octanol–water partition coefficient (Wildman–Crippen LogP) is 2.61. The second kappa shape index (κ2) is 3.92. The van der Waals surface area contributed by atoms with E-state index in [1.807, 2.05) is 30.3 Å². The van der Waals surface area contributed by atoms with Gasteiger partial charge < -0.3 is 14.9 Å². The minimum atomic E-state index is -0.0823. The third-order valence-corrected chi connectivity index (χ3v) is 3.09. The number of ether oxygens (including phenoxy) is 1. The molecule has 0 bridgehead atoms. The van der Waals surface area contributed by atoms with Crippen molar-refractivity contribution in [3.8, 4) is 0 Å². The van der Waals surface area contributed by atoms with Gasteiger partial charge in [0.15, 0.2) is 0 Å². The number of hydrogen-bond acceptors (Lipinski definition) is 3. The summed E-state index contributed by atoms with van der Waals surface area (Å²) in [5, 5.41) is 1.11. The minimum Gasteiger partial charge on any atom is -0.458 e. The number of rotatable bonds is 1. The molecular weight excluding hydrogens is 202 g/mol. The van der Waals surface area contributed by atoms with E-state index in [4.69, 9.17) is 14.9 Å². The molecule has 2 N–H and O–H groups in total. The molecule has 1 aromatic carbocycles. The van der Waals surface area contributed by atoms with Crippen molar-refractivity contribution in [2.75, 3.05) is 6.61 Å². The standard InChI is InChI=1S/C13H15NO2/c14-10-5-3-7-15-13(10)12-8-9-4-1-2-6-11(9)16-12/h1-2,4,6,8,10,13H,3,5,7,14H2. The highest BCUT2D eigenvalue weighted by molar-refractivity contribution is 5.77. The van der Waals surface area contributed by atoms with Crippen molar-refractivity contribution >= 4 is 11.0 Å². The molecule has 1 fully saturated rings. The zero-order valence-electron chi connectivity index (χ0n) is 9.06. The van der Waals surface area contributed by atoms with Gasteiger partial charge in [-0.2, -0.15) is 0 Å². The molecule has 2 aromatic rings. The largest absolute Gasteiger partial charge is 0.458 e. The molecule has 2 atom stereocenters. The fourth-order valence-corrected chi connectivity index (χ4v) is 2.24. The number of furan rings is 1. The van der Waals surface area contributed by atoms with Crippen LogP contribution in [0.2, 0.25) is 0 Å². The maximum absolute atomic E-state index is 6.05. The Hall–Kier alpha value is -1.32. The van der Waals surface area contributed by atoms with Crippen LogP contribution in [0.5, 0.6) is 0 Å². The van der Waals surface area contributed by atoms with E-state index < -0.39 is 0 Å². The Balaban J connectivity index is 1.98. The summed E-state index contributed by atoms with van der Waals surface area (Å²) < 4.78 is 11.5. The number of hydrogen-bond donors (Lipinski definition) is 1. The molecule has 16 heavy (non-hydrogen) atoms. The van der Waals surface area contributed by atoms with Crippen LogP contribution in [0, 0.1) is 0 Å². The van der Waals surface area contributed by atoms with Crippen molar-refractivity contribution in [3.63, 3.8) is 0 Å². The summed E-state index contributed by atoms with van der Waals surface area (Å²) in [6, 6.07) is 10.1. The molecule has 84 valence electrons. The lowest BCUT2D eigenvalue weighted by Gasteiger charge is -2.27.